The topological polar surface area (TPSA) is 58.6 Å². The Morgan fingerprint density at radius 2 is 1.78 bits per heavy atom. The smallest absolute Gasteiger partial charge is 0.261 e. The van der Waals surface area contributed by atoms with Gasteiger partial charge in [0.25, 0.3) is 5.91 Å². The predicted molar refractivity (Wildman–Crippen MR) is 123 cm³/mol. The molecule has 2 aromatic carbocycles. The van der Waals surface area contributed by atoms with E-state index < -0.39 is 6.04 Å². The maximum Gasteiger partial charge on any atom is 0.261 e. The highest BCUT2D eigenvalue weighted by molar-refractivity contribution is 5.88. The molecule has 172 valence electrons. The van der Waals surface area contributed by atoms with Crippen LogP contribution in [0.2, 0.25) is 0 Å². The number of hydrogen-bond donors (Lipinski definition) is 1. The summed E-state index contributed by atoms with van der Waals surface area (Å²) in [6.07, 6.45) is 5.94. The van der Waals surface area contributed by atoms with Gasteiger partial charge in [-0.05, 0) is 61.6 Å². The van der Waals surface area contributed by atoms with Gasteiger partial charge in [0.15, 0.2) is 6.61 Å². The number of halogens is 1. The van der Waals surface area contributed by atoms with E-state index in [0.29, 0.717) is 18.7 Å². The Morgan fingerprint density at radius 3 is 2.44 bits per heavy atom. The first-order valence-electron chi connectivity index (χ1n) is 11.5. The Balaban J connectivity index is 1.75. The molecule has 2 amide bonds. The number of carbonyl (C=O) groups excluding carboxylic acids is 2. The summed E-state index contributed by atoms with van der Waals surface area (Å²) in [6, 6.07) is 13.0. The lowest BCUT2D eigenvalue weighted by atomic mass is 9.95. The number of carbonyl (C=O) groups is 2. The minimum absolute atomic E-state index is 0.108. The van der Waals surface area contributed by atoms with E-state index in [0.717, 1.165) is 36.8 Å². The maximum atomic E-state index is 13.2. The van der Waals surface area contributed by atoms with E-state index in [4.69, 9.17) is 4.74 Å². The second kappa shape index (κ2) is 11.7. The molecule has 1 aliphatic carbocycles. The van der Waals surface area contributed by atoms with Crippen molar-refractivity contribution in [3.63, 3.8) is 0 Å². The molecule has 1 fully saturated rings. The molecule has 5 nitrogen and oxygen atoms in total. The van der Waals surface area contributed by atoms with Crippen molar-refractivity contribution in [2.45, 2.75) is 71.0 Å². The largest absolute Gasteiger partial charge is 0.484 e. The number of rotatable bonds is 9. The van der Waals surface area contributed by atoms with Crippen LogP contribution in [-0.4, -0.2) is 35.4 Å². The predicted octanol–water partition coefficient (Wildman–Crippen LogP) is 4.77. The molecular formula is C26H33FN2O3. The van der Waals surface area contributed by atoms with Gasteiger partial charge < -0.3 is 15.0 Å². The second-order valence-corrected chi connectivity index (χ2v) is 8.46. The summed E-state index contributed by atoms with van der Waals surface area (Å²) in [5.74, 6) is -0.336. The third-order valence-corrected chi connectivity index (χ3v) is 6.12. The van der Waals surface area contributed by atoms with Gasteiger partial charge in [0.2, 0.25) is 5.91 Å². The van der Waals surface area contributed by atoms with Crippen LogP contribution in [0, 0.1) is 12.7 Å². The molecule has 0 aromatic heterocycles. The van der Waals surface area contributed by atoms with Crippen LogP contribution in [-0.2, 0) is 16.1 Å². The third kappa shape index (κ3) is 6.55. The summed E-state index contributed by atoms with van der Waals surface area (Å²) >= 11 is 0. The summed E-state index contributed by atoms with van der Waals surface area (Å²) in [4.78, 5) is 28.0. The van der Waals surface area contributed by atoms with Gasteiger partial charge in [-0.3, -0.25) is 9.59 Å². The first-order chi connectivity index (χ1) is 15.5. The van der Waals surface area contributed by atoms with E-state index in [1.54, 1.807) is 4.90 Å². The normalized spacial score (nSPS) is 15.1. The van der Waals surface area contributed by atoms with Crippen LogP contribution in [0.3, 0.4) is 0 Å². The zero-order valence-electron chi connectivity index (χ0n) is 19.0. The quantitative estimate of drug-likeness (QED) is 0.611. The number of benzene rings is 2. The number of aryl methyl sites for hydroxylation is 1. The highest BCUT2D eigenvalue weighted by Crippen LogP contribution is 2.20. The zero-order chi connectivity index (χ0) is 22.9. The summed E-state index contributed by atoms with van der Waals surface area (Å²) in [5.41, 5.74) is 2.05. The number of nitrogens with one attached hydrogen (secondary N) is 1. The van der Waals surface area contributed by atoms with Crippen LogP contribution in [0.5, 0.6) is 5.75 Å². The lowest BCUT2D eigenvalue weighted by molar-refractivity contribution is -0.143. The third-order valence-electron chi connectivity index (χ3n) is 6.12. The first-order valence-corrected chi connectivity index (χ1v) is 11.5. The highest BCUT2D eigenvalue weighted by Gasteiger charge is 2.30. The molecule has 0 saturated heterocycles. The molecule has 0 unspecified atom stereocenters. The summed E-state index contributed by atoms with van der Waals surface area (Å²) < 4.78 is 18.8. The van der Waals surface area contributed by atoms with Gasteiger partial charge in [-0.2, -0.15) is 0 Å². The van der Waals surface area contributed by atoms with E-state index >= 15 is 0 Å². The maximum absolute atomic E-state index is 13.2. The summed E-state index contributed by atoms with van der Waals surface area (Å²) in [7, 11) is 0. The molecular weight excluding hydrogens is 407 g/mol. The van der Waals surface area contributed by atoms with Crippen molar-refractivity contribution in [2.75, 3.05) is 6.61 Å². The van der Waals surface area contributed by atoms with E-state index in [2.05, 4.69) is 5.32 Å². The Kier molecular flexibility index (Phi) is 8.65. The van der Waals surface area contributed by atoms with Gasteiger partial charge in [-0.25, -0.2) is 4.39 Å². The highest BCUT2D eigenvalue weighted by atomic mass is 19.1. The first kappa shape index (κ1) is 23.8. The van der Waals surface area contributed by atoms with Crippen molar-refractivity contribution in [1.82, 2.24) is 10.2 Å². The lowest BCUT2D eigenvalue weighted by Crippen LogP contribution is -2.52. The molecule has 3 rings (SSSR count). The van der Waals surface area contributed by atoms with Crippen molar-refractivity contribution in [3.8, 4) is 5.75 Å². The number of ether oxygens (including phenoxy) is 1. The Bertz CT molecular complexity index is 894. The number of nitrogens with zero attached hydrogens (tertiary/aromatic N) is 1. The molecule has 0 spiro atoms. The molecule has 2 aromatic rings. The van der Waals surface area contributed by atoms with Crippen molar-refractivity contribution in [3.05, 3.63) is 65.5 Å². The van der Waals surface area contributed by atoms with Crippen LogP contribution in [0.1, 0.15) is 56.6 Å². The number of hydrogen-bond acceptors (Lipinski definition) is 3. The molecule has 6 heteroatoms. The standard InChI is InChI=1S/C26H33FN2O3/c1-3-24(26(31)28-22-11-5-4-6-12-22)29(17-20-10-8-7-9-19(20)2)25(30)18-32-23-15-13-21(27)14-16-23/h7-10,13-16,22,24H,3-6,11-12,17-18H2,1-2H3,(H,28,31)/t24-/m1/s1. The van der Waals surface area contributed by atoms with Crippen LogP contribution < -0.4 is 10.1 Å². The van der Waals surface area contributed by atoms with Gasteiger partial charge in [-0.15, -0.1) is 0 Å². The Morgan fingerprint density at radius 1 is 1.09 bits per heavy atom. The van der Waals surface area contributed by atoms with Crippen LogP contribution in [0.25, 0.3) is 0 Å². The molecule has 1 saturated carbocycles. The van der Waals surface area contributed by atoms with Crippen LogP contribution in [0.4, 0.5) is 4.39 Å². The van der Waals surface area contributed by atoms with E-state index in [-0.39, 0.29) is 30.3 Å². The van der Waals surface area contributed by atoms with E-state index in [9.17, 15) is 14.0 Å². The molecule has 32 heavy (non-hydrogen) atoms. The molecule has 0 bridgehead atoms. The van der Waals surface area contributed by atoms with E-state index in [1.165, 1.54) is 30.7 Å². The molecule has 1 atom stereocenters. The molecule has 1 N–H and O–H groups in total. The van der Waals surface area contributed by atoms with Crippen molar-refractivity contribution in [2.24, 2.45) is 0 Å². The van der Waals surface area contributed by atoms with E-state index in [1.807, 2.05) is 38.1 Å². The Hall–Kier alpha value is -2.89. The second-order valence-electron chi connectivity index (χ2n) is 8.46. The van der Waals surface area contributed by atoms with Gasteiger partial charge in [-0.1, -0.05) is 50.5 Å². The number of amides is 2. The summed E-state index contributed by atoms with van der Waals surface area (Å²) in [6.45, 7) is 4.03. The summed E-state index contributed by atoms with van der Waals surface area (Å²) in [5, 5.41) is 3.17. The molecule has 0 heterocycles. The fraction of sp³-hybridized carbons (Fsp3) is 0.462. The minimum Gasteiger partial charge on any atom is -0.484 e. The molecule has 0 radical (unpaired) electrons. The van der Waals surface area contributed by atoms with Gasteiger partial charge >= 0.3 is 0 Å². The van der Waals surface area contributed by atoms with Gasteiger partial charge in [0.05, 0.1) is 0 Å². The Labute approximate surface area is 190 Å². The van der Waals surface area contributed by atoms with Crippen LogP contribution in [0.15, 0.2) is 48.5 Å². The SMILES string of the molecule is CC[C@H](C(=O)NC1CCCCC1)N(Cc1ccccc1C)C(=O)COc1ccc(F)cc1. The monoisotopic (exact) mass is 440 g/mol. The van der Waals surface area contributed by atoms with Gasteiger partial charge in [0, 0.05) is 12.6 Å². The average molecular weight is 441 g/mol. The lowest BCUT2D eigenvalue weighted by Gasteiger charge is -2.33. The van der Waals surface area contributed by atoms with Crippen molar-refractivity contribution in [1.29, 1.82) is 0 Å². The molecule has 1 aliphatic rings. The fourth-order valence-electron chi connectivity index (χ4n) is 4.19. The van der Waals surface area contributed by atoms with Crippen molar-refractivity contribution < 1.29 is 18.7 Å². The van der Waals surface area contributed by atoms with Crippen LogP contribution >= 0.6 is 0 Å². The molecule has 0 aliphatic heterocycles. The zero-order valence-corrected chi connectivity index (χ0v) is 19.0. The average Bonchev–Trinajstić information content (AvgIpc) is 2.80. The minimum atomic E-state index is -0.583. The van der Waals surface area contributed by atoms with Gasteiger partial charge in [0.1, 0.15) is 17.6 Å². The fourth-order valence-corrected chi connectivity index (χ4v) is 4.19. The van der Waals surface area contributed by atoms with Crippen molar-refractivity contribution >= 4 is 11.8 Å².